The number of aromatic hydroxyl groups is 1. The van der Waals surface area contributed by atoms with Gasteiger partial charge < -0.3 is 15.2 Å². The van der Waals surface area contributed by atoms with Crippen LogP contribution in [0.1, 0.15) is 19.8 Å². The molecule has 1 fully saturated rings. The number of pyridine rings is 1. The van der Waals surface area contributed by atoms with Crippen LogP contribution in [0.15, 0.2) is 18.3 Å². The summed E-state index contributed by atoms with van der Waals surface area (Å²) in [7, 11) is 0. The van der Waals surface area contributed by atoms with E-state index in [9.17, 15) is 9.90 Å². The number of nitrogens with one attached hydrogen (secondary N) is 1. The van der Waals surface area contributed by atoms with E-state index >= 15 is 0 Å². The molecule has 1 aliphatic heterocycles. The zero-order valence-electron chi connectivity index (χ0n) is 9.06. The zero-order chi connectivity index (χ0) is 11.6. The van der Waals surface area contributed by atoms with Gasteiger partial charge in [0.1, 0.15) is 5.60 Å². The number of carbonyl (C=O) groups excluding carboxylic acids is 1. The molecule has 0 aromatic carbocycles. The maximum atomic E-state index is 11.9. The molecule has 5 nitrogen and oxygen atoms in total. The van der Waals surface area contributed by atoms with Crippen LogP contribution in [0.3, 0.4) is 0 Å². The number of aromatic nitrogens is 1. The van der Waals surface area contributed by atoms with Crippen molar-refractivity contribution in [3.05, 3.63) is 18.3 Å². The topological polar surface area (TPSA) is 71.5 Å². The standard InChI is InChI=1S/C11H14N2O3/c1-11(5-3-7-16-11)10(15)13-9-8(14)4-2-6-12-9/h2,4,6,14H,3,5,7H2,1H3,(H,12,13,15). The highest BCUT2D eigenvalue weighted by Crippen LogP contribution is 2.27. The Labute approximate surface area is 93.5 Å². The van der Waals surface area contributed by atoms with E-state index in [0.29, 0.717) is 13.0 Å². The molecule has 1 aromatic rings. The van der Waals surface area contributed by atoms with E-state index in [2.05, 4.69) is 10.3 Å². The van der Waals surface area contributed by atoms with Crippen LogP contribution in [0.2, 0.25) is 0 Å². The molecule has 1 aliphatic rings. The van der Waals surface area contributed by atoms with Crippen LogP contribution < -0.4 is 5.32 Å². The van der Waals surface area contributed by atoms with Crippen molar-refractivity contribution >= 4 is 11.7 Å². The first kappa shape index (κ1) is 10.9. The van der Waals surface area contributed by atoms with E-state index in [0.717, 1.165) is 6.42 Å². The fourth-order valence-electron chi connectivity index (χ4n) is 1.69. The second-order valence-corrected chi connectivity index (χ2v) is 4.01. The summed E-state index contributed by atoms with van der Waals surface area (Å²) in [5.41, 5.74) is -0.802. The Kier molecular flexibility index (Phi) is 2.78. The van der Waals surface area contributed by atoms with Crippen molar-refractivity contribution < 1.29 is 14.6 Å². The second-order valence-electron chi connectivity index (χ2n) is 4.01. The number of hydrogen-bond donors (Lipinski definition) is 2. The largest absolute Gasteiger partial charge is 0.504 e. The van der Waals surface area contributed by atoms with Crippen LogP contribution in [-0.4, -0.2) is 28.2 Å². The highest BCUT2D eigenvalue weighted by molar-refractivity contribution is 5.97. The lowest BCUT2D eigenvalue weighted by atomic mass is 10.0. The van der Waals surface area contributed by atoms with Crippen molar-refractivity contribution in [1.82, 2.24) is 4.98 Å². The van der Waals surface area contributed by atoms with Gasteiger partial charge in [-0.25, -0.2) is 4.98 Å². The molecule has 1 atom stereocenters. The Bertz CT molecular complexity index is 400. The number of anilines is 1. The monoisotopic (exact) mass is 222 g/mol. The van der Waals surface area contributed by atoms with Crippen molar-refractivity contribution in [2.24, 2.45) is 0 Å². The molecule has 1 saturated heterocycles. The second kappa shape index (κ2) is 4.09. The van der Waals surface area contributed by atoms with E-state index in [4.69, 9.17) is 4.74 Å². The number of amides is 1. The molecule has 16 heavy (non-hydrogen) atoms. The molecule has 5 heteroatoms. The molecule has 1 amide bonds. The summed E-state index contributed by atoms with van der Waals surface area (Å²) < 4.78 is 5.39. The van der Waals surface area contributed by atoms with E-state index < -0.39 is 5.60 Å². The van der Waals surface area contributed by atoms with Gasteiger partial charge in [0.2, 0.25) is 0 Å². The molecule has 2 heterocycles. The summed E-state index contributed by atoms with van der Waals surface area (Å²) in [6.45, 7) is 2.34. The maximum Gasteiger partial charge on any atom is 0.257 e. The Hall–Kier alpha value is -1.62. The van der Waals surface area contributed by atoms with Crippen molar-refractivity contribution in [2.75, 3.05) is 11.9 Å². The average Bonchev–Trinajstić information content (AvgIpc) is 2.70. The van der Waals surface area contributed by atoms with Gasteiger partial charge in [0.25, 0.3) is 5.91 Å². The fraction of sp³-hybridized carbons (Fsp3) is 0.455. The average molecular weight is 222 g/mol. The van der Waals surface area contributed by atoms with Crippen molar-refractivity contribution in [1.29, 1.82) is 0 Å². The Balaban J connectivity index is 2.10. The van der Waals surface area contributed by atoms with Crippen LogP contribution in [0.4, 0.5) is 5.82 Å². The quantitative estimate of drug-likeness (QED) is 0.791. The van der Waals surface area contributed by atoms with Crippen molar-refractivity contribution in [3.63, 3.8) is 0 Å². The van der Waals surface area contributed by atoms with Crippen LogP contribution in [-0.2, 0) is 9.53 Å². The lowest BCUT2D eigenvalue weighted by Crippen LogP contribution is -2.39. The molecule has 2 rings (SSSR count). The highest BCUT2D eigenvalue weighted by atomic mass is 16.5. The van der Waals surface area contributed by atoms with Crippen LogP contribution in [0.25, 0.3) is 0 Å². The number of nitrogens with zero attached hydrogens (tertiary/aromatic N) is 1. The van der Waals surface area contributed by atoms with Crippen LogP contribution in [0.5, 0.6) is 5.75 Å². The van der Waals surface area contributed by atoms with Gasteiger partial charge in [-0.05, 0) is 31.9 Å². The van der Waals surface area contributed by atoms with Gasteiger partial charge in [-0.1, -0.05) is 0 Å². The molecule has 0 aliphatic carbocycles. The predicted molar refractivity (Wildman–Crippen MR) is 58.1 cm³/mol. The van der Waals surface area contributed by atoms with Gasteiger partial charge in [-0.15, -0.1) is 0 Å². The zero-order valence-corrected chi connectivity index (χ0v) is 9.06. The van der Waals surface area contributed by atoms with E-state index in [1.54, 1.807) is 13.0 Å². The van der Waals surface area contributed by atoms with Crippen molar-refractivity contribution in [3.8, 4) is 5.75 Å². The predicted octanol–water partition coefficient (Wildman–Crippen LogP) is 1.29. The third-order valence-electron chi connectivity index (χ3n) is 2.72. The van der Waals surface area contributed by atoms with Gasteiger partial charge >= 0.3 is 0 Å². The number of carbonyl (C=O) groups is 1. The lowest BCUT2D eigenvalue weighted by Gasteiger charge is -2.21. The Morgan fingerprint density at radius 1 is 1.69 bits per heavy atom. The SMILES string of the molecule is CC1(C(=O)Nc2ncccc2O)CCCO1. The van der Waals surface area contributed by atoms with Gasteiger partial charge in [-0.2, -0.15) is 0 Å². The number of ether oxygens (including phenoxy) is 1. The summed E-state index contributed by atoms with van der Waals surface area (Å²) in [5, 5.41) is 12.0. The summed E-state index contributed by atoms with van der Waals surface area (Å²) in [6.07, 6.45) is 3.07. The van der Waals surface area contributed by atoms with Crippen LogP contribution in [0, 0.1) is 0 Å². The number of rotatable bonds is 2. The minimum atomic E-state index is -0.802. The Morgan fingerprint density at radius 3 is 3.12 bits per heavy atom. The third-order valence-corrected chi connectivity index (χ3v) is 2.72. The van der Waals surface area contributed by atoms with Gasteiger partial charge in [0.05, 0.1) is 0 Å². The molecule has 86 valence electrons. The summed E-state index contributed by atoms with van der Waals surface area (Å²) in [4.78, 5) is 15.8. The van der Waals surface area contributed by atoms with Gasteiger partial charge in [-0.3, -0.25) is 4.79 Å². The van der Waals surface area contributed by atoms with E-state index in [1.807, 2.05) is 0 Å². The molecule has 2 N–H and O–H groups in total. The minimum absolute atomic E-state index is 0.0440. The molecule has 0 saturated carbocycles. The molecule has 1 aromatic heterocycles. The van der Waals surface area contributed by atoms with E-state index in [1.165, 1.54) is 12.3 Å². The smallest absolute Gasteiger partial charge is 0.257 e. The lowest BCUT2D eigenvalue weighted by molar-refractivity contribution is -0.133. The molecular formula is C11H14N2O3. The van der Waals surface area contributed by atoms with Crippen LogP contribution >= 0.6 is 0 Å². The first-order valence-electron chi connectivity index (χ1n) is 5.21. The first-order chi connectivity index (χ1) is 7.62. The van der Waals surface area contributed by atoms with Gasteiger partial charge in [0, 0.05) is 12.8 Å². The molecule has 1 unspecified atom stereocenters. The summed E-state index contributed by atoms with van der Waals surface area (Å²) >= 11 is 0. The third kappa shape index (κ3) is 1.99. The maximum absolute atomic E-state index is 11.9. The summed E-state index contributed by atoms with van der Waals surface area (Å²) in [6, 6.07) is 3.07. The van der Waals surface area contributed by atoms with Gasteiger partial charge in [0.15, 0.2) is 11.6 Å². The molecular weight excluding hydrogens is 208 g/mol. The van der Waals surface area contributed by atoms with Crippen molar-refractivity contribution in [2.45, 2.75) is 25.4 Å². The van der Waals surface area contributed by atoms with E-state index in [-0.39, 0.29) is 17.5 Å². The summed E-state index contributed by atoms with van der Waals surface area (Å²) in [5.74, 6) is -0.138. The highest BCUT2D eigenvalue weighted by Gasteiger charge is 2.38. The Morgan fingerprint density at radius 2 is 2.50 bits per heavy atom. The normalized spacial score (nSPS) is 24.3. The molecule has 0 radical (unpaired) electrons. The fourth-order valence-corrected chi connectivity index (χ4v) is 1.69. The number of hydrogen-bond acceptors (Lipinski definition) is 4. The molecule has 0 spiro atoms. The first-order valence-corrected chi connectivity index (χ1v) is 5.21. The minimum Gasteiger partial charge on any atom is -0.504 e. The molecule has 0 bridgehead atoms.